The lowest BCUT2D eigenvalue weighted by atomic mass is 10.0. The van der Waals surface area contributed by atoms with Crippen LogP contribution in [0.2, 0.25) is 0 Å². The van der Waals surface area contributed by atoms with Crippen LogP contribution < -0.4 is 10.9 Å². The predicted octanol–water partition coefficient (Wildman–Crippen LogP) is 6.03. The molecule has 2 aromatic carbocycles. The molecule has 0 spiro atoms. The van der Waals surface area contributed by atoms with E-state index in [0.717, 1.165) is 55.4 Å². The molecule has 2 fully saturated rings. The van der Waals surface area contributed by atoms with Crippen molar-refractivity contribution in [1.82, 2.24) is 24.3 Å². The first-order valence-electron chi connectivity index (χ1n) is 15.6. The van der Waals surface area contributed by atoms with Crippen molar-refractivity contribution in [3.8, 4) is 11.1 Å². The highest BCUT2D eigenvalue weighted by molar-refractivity contribution is 5.82. The quantitative estimate of drug-likeness (QED) is 0.292. The number of pyridine rings is 1. The van der Waals surface area contributed by atoms with Gasteiger partial charge in [-0.2, -0.15) is 4.98 Å². The van der Waals surface area contributed by atoms with E-state index >= 15 is 0 Å². The summed E-state index contributed by atoms with van der Waals surface area (Å²) < 4.78 is 7.46. The van der Waals surface area contributed by atoms with Gasteiger partial charge in [-0.25, -0.2) is 9.78 Å². The first-order valence-corrected chi connectivity index (χ1v) is 15.6. The highest BCUT2D eigenvalue weighted by Gasteiger charge is 2.29. The molecule has 1 amide bonds. The van der Waals surface area contributed by atoms with E-state index in [4.69, 9.17) is 9.72 Å². The third kappa shape index (κ3) is 6.63. The molecular weight excluding hydrogens is 552 g/mol. The fraction of sp³-hybridized carbons (Fsp3) is 0.429. The predicted molar refractivity (Wildman–Crippen MR) is 174 cm³/mol. The molecule has 0 bridgehead atoms. The summed E-state index contributed by atoms with van der Waals surface area (Å²) in [7, 11) is 0. The molecule has 0 saturated carbocycles. The number of amides is 1. The van der Waals surface area contributed by atoms with Crippen LogP contribution in [0.15, 0.2) is 71.7 Å². The average molecular weight is 595 g/mol. The Hall–Kier alpha value is -4.24. The van der Waals surface area contributed by atoms with Gasteiger partial charge in [-0.3, -0.25) is 14.3 Å². The molecule has 0 unspecified atom stereocenters. The summed E-state index contributed by atoms with van der Waals surface area (Å²) in [6.45, 7) is 11.4. The van der Waals surface area contributed by atoms with Crippen LogP contribution in [-0.4, -0.2) is 68.3 Å². The largest absolute Gasteiger partial charge is 0.444 e. The number of fused-ring (bicyclic) bond motifs is 1. The van der Waals surface area contributed by atoms with Crippen LogP contribution in [0.25, 0.3) is 22.2 Å². The molecular formula is C35H42N6O3. The van der Waals surface area contributed by atoms with Gasteiger partial charge >= 0.3 is 6.09 Å². The number of rotatable bonds is 6. The third-order valence-corrected chi connectivity index (χ3v) is 8.55. The van der Waals surface area contributed by atoms with Gasteiger partial charge in [-0.05, 0) is 69.7 Å². The van der Waals surface area contributed by atoms with Gasteiger partial charge in [0.1, 0.15) is 11.2 Å². The summed E-state index contributed by atoms with van der Waals surface area (Å²) in [4.78, 5) is 40.6. The molecule has 44 heavy (non-hydrogen) atoms. The van der Waals surface area contributed by atoms with Gasteiger partial charge in [0.2, 0.25) is 5.95 Å². The molecule has 1 N–H and O–H groups in total. The Bertz CT molecular complexity index is 1690. The highest BCUT2D eigenvalue weighted by atomic mass is 16.6. The molecule has 4 aromatic rings. The molecule has 2 saturated heterocycles. The molecule has 2 aliphatic heterocycles. The number of likely N-dealkylation sites (tertiary alicyclic amines) is 2. The minimum atomic E-state index is -0.516. The second-order valence-corrected chi connectivity index (χ2v) is 13.1. The molecule has 2 aromatic heterocycles. The lowest BCUT2D eigenvalue weighted by Gasteiger charge is -2.33. The minimum Gasteiger partial charge on any atom is -0.444 e. The maximum atomic E-state index is 14.3. The zero-order chi connectivity index (χ0) is 30.8. The van der Waals surface area contributed by atoms with E-state index in [1.807, 2.05) is 74.9 Å². The Balaban J connectivity index is 1.28. The van der Waals surface area contributed by atoms with Gasteiger partial charge in [-0.1, -0.05) is 54.6 Å². The van der Waals surface area contributed by atoms with Gasteiger partial charge in [0.05, 0.1) is 6.04 Å². The molecule has 230 valence electrons. The van der Waals surface area contributed by atoms with Crippen molar-refractivity contribution in [3.05, 3.63) is 88.3 Å². The van der Waals surface area contributed by atoms with Gasteiger partial charge in [0.15, 0.2) is 0 Å². The van der Waals surface area contributed by atoms with Crippen LogP contribution in [0.4, 0.5) is 10.7 Å². The monoisotopic (exact) mass is 594 g/mol. The molecule has 6 rings (SSSR count). The fourth-order valence-corrected chi connectivity index (χ4v) is 6.32. The van der Waals surface area contributed by atoms with E-state index in [0.29, 0.717) is 30.2 Å². The van der Waals surface area contributed by atoms with Crippen molar-refractivity contribution in [3.63, 3.8) is 0 Å². The second kappa shape index (κ2) is 12.4. The SMILES string of the molecule is Cc1ccccc1-c1cc2cnc(NC3CCN(C(=O)OC(C)(C)C)CC3)nc2n([C@H]2CCN(Cc3ccccc3)C2)c1=O. The maximum absolute atomic E-state index is 14.3. The number of carbonyl (C=O) groups excluding carboxylic acids is 1. The van der Waals surface area contributed by atoms with Crippen molar-refractivity contribution >= 4 is 23.1 Å². The van der Waals surface area contributed by atoms with Crippen molar-refractivity contribution in [2.24, 2.45) is 0 Å². The summed E-state index contributed by atoms with van der Waals surface area (Å²) in [5.74, 6) is 0.504. The first-order chi connectivity index (χ1) is 21.1. The van der Waals surface area contributed by atoms with Gasteiger partial charge < -0.3 is 15.0 Å². The molecule has 9 nitrogen and oxygen atoms in total. The Kier molecular flexibility index (Phi) is 8.40. The number of aromatic nitrogens is 3. The van der Waals surface area contributed by atoms with E-state index < -0.39 is 5.60 Å². The Morgan fingerprint density at radius 2 is 1.70 bits per heavy atom. The van der Waals surface area contributed by atoms with E-state index in [-0.39, 0.29) is 23.7 Å². The van der Waals surface area contributed by atoms with E-state index in [1.54, 1.807) is 4.90 Å². The third-order valence-electron chi connectivity index (χ3n) is 8.55. The van der Waals surface area contributed by atoms with Crippen LogP contribution in [0.1, 0.15) is 57.2 Å². The van der Waals surface area contributed by atoms with Gasteiger partial charge in [-0.15, -0.1) is 0 Å². The maximum Gasteiger partial charge on any atom is 0.410 e. The summed E-state index contributed by atoms with van der Waals surface area (Å²) in [5.41, 5.74) is 4.06. The van der Waals surface area contributed by atoms with E-state index in [1.165, 1.54) is 5.56 Å². The fourth-order valence-electron chi connectivity index (χ4n) is 6.32. The summed E-state index contributed by atoms with van der Waals surface area (Å²) in [6.07, 6.45) is 3.95. The Labute approximate surface area is 258 Å². The normalized spacial score (nSPS) is 18.1. The number of hydrogen-bond acceptors (Lipinski definition) is 7. The molecule has 1 atom stereocenters. The summed E-state index contributed by atoms with van der Waals surface area (Å²) in [5, 5.41) is 4.33. The van der Waals surface area contributed by atoms with Gasteiger partial charge in [0.25, 0.3) is 5.56 Å². The topological polar surface area (TPSA) is 92.6 Å². The zero-order valence-electron chi connectivity index (χ0n) is 26.1. The number of ether oxygens (including phenoxy) is 1. The number of anilines is 1. The van der Waals surface area contributed by atoms with Crippen LogP contribution >= 0.6 is 0 Å². The lowest BCUT2D eigenvalue weighted by molar-refractivity contribution is 0.0210. The van der Waals surface area contributed by atoms with Crippen molar-refractivity contribution in [1.29, 1.82) is 0 Å². The van der Waals surface area contributed by atoms with E-state index in [2.05, 4.69) is 39.5 Å². The molecule has 2 aliphatic rings. The minimum absolute atomic E-state index is 0.00232. The number of carbonyl (C=O) groups is 1. The van der Waals surface area contributed by atoms with Crippen LogP contribution in [0.5, 0.6) is 0 Å². The highest BCUT2D eigenvalue weighted by Crippen LogP contribution is 2.29. The van der Waals surface area contributed by atoms with Crippen LogP contribution in [-0.2, 0) is 11.3 Å². The average Bonchev–Trinajstić information content (AvgIpc) is 3.45. The summed E-state index contributed by atoms with van der Waals surface area (Å²) in [6, 6.07) is 20.6. The second-order valence-electron chi connectivity index (χ2n) is 13.1. The van der Waals surface area contributed by atoms with Crippen molar-refractivity contribution in [2.75, 3.05) is 31.5 Å². The summed E-state index contributed by atoms with van der Waals surface area (Å²) >= 11 is 0. The Morgan fingerprint density at radius 1 is 0.977 bits per heavy atom. The molecule has 0 aliphatic carbocycles. The standard InChI is InChI=1S/C35H42N6O3/c1-24-10-8-9-13-29(24)30-20-26-21-36-33(37-27-14-18-40(19-15-27)34(43)44-35(2,3)4)38-31(26)41(32(30)42)28-16-17-39(23-28)22-25-11-6-5-7-12-25/h5-13,20-21,27-28H,14-19,22-23H2,1-4H3,(H,36,37,38)/t28-/m0/s1. The zero-order valence-corrected chi connectivity index (χ0v) is 26.1. The van der Waals surface area contributed by atoms with E-state index in [9.17, 15) is 9.59 Å². The first kappa shape index (κ1) is 29.8. The number of benzene rings is 2. The van der Waals surface area contributed by atoms with Crippen LogP contribution in [0.3, 0.4) is 0 Å². The number of hydrogen-bond donors (Lipinski definition) is 1. The molecule has 4 heterocycles. The number of nitrogens with one attached hydrogen (secondary N) is 1. The lowest BCUT2D eigenvalue weighted by Crippen LogP contribution is -2.44. The van der Waals surface area contributed by atoms with Crippen LogP contribution in [0, 0.1) is 6.92 Å². The number of aryl methyl sites for hydroxylation is 1. The molecule has 0 radical (unpaired) electrons. The smallest absolute Gasteiger partial charge is 0.410 e. The van der Waals surface area contributed by atoms with Gasteiger partial charge in [0, 0.05) is 55.9 Å². The molecule has 9 heteroatoms. The van der Waals surface area contributed by atoms with Crippen molar-refractivity contribution < 1.29 is 9.53 Å². The Morgan fingerprint density at radius 3 is 2.43 bits per heavy atom. The van der Waals surface area contributed by atoms with Crippen molar-refractivity contribution in [2.45, 2.75) is 71.2 Å². The number of nitrogens with zero attached hydrogens (tertiary/aromatic N) is 5. The number of piperidine rings is 1.